The van der Waals surface area contributed by atoms with Crippen LogP contribution in [0.5, 0.6) is 0 Å². The van der Waals surface area contributed by atoms with Crippen LogP contribution >= 0.6 is 27.5 Å². The molecule has 0 fully saturated rings. The maximum Gasteiger partial charge on any atom is 0.254 e. The molecule has 0 aliphatic heterocycles. The van der Waals surface area contributed by atoms with Gasteiger partial charge in [0.1, 0.15) is 0 Å². The smallest absolute Gasteiger partial charge is 0.254 e. The van der Waals surface area contributed by atoms with Gasteiger partial charge in [0.05, 0.1) is 5.45 Å². The summed E-state index contributed by atoms with van der Waals surface area (Å²) in [7, 11) is 0. The Hall–Kier alpha value is -1.000. The summed E-state index contributed by atoms with van der Waals surface area (Å²) in [5, 5.41) is 1.06. The van der Waals surface area contributed by atoms with E-state index in [1.165, 1.54) is 0 Å². The predicted octanol–water partition coefficient (Wildman–Crippen LogP) is 3.98. The van der Waals surface area contributed by atoms with Gasteiger partial charge in [-0.3, -0.25) is 4.79 Å². The van der Waals surface area contributed by atoms with E-state index in [0.29, 0.717) is 11.3 Å². The lowest BCUT2D eigenvalue weighted by molar-refractivity contribution is 0.0786. The minimum atomic E-state index is 0.0505. The van der Waals surface area contributed by atoms with Gasteiger partial charge in [-0.1, -0.05) is 15.9 Å². The summed E-state index contributed by atoms with van der Waals surface area (Å²) in [6.07, 6.45) is 3.73. The first kappa shape index (κ1) is 14.4. The highest BCUT2D eigenvalue weighted by molar-refractivity contribution is 9.09. The standard InChI is InChI=1S/C14H16BrClN2O/c15-10-18(8-2-1-6-16)14(19)12-3-4-13-11(9-12)5-7-17-13/h3-5,7,9,17H,1-2,6,8,10H2. The van der Waals surface area contributed by atoms with E-state index in [1.54, 1.807) is 4.90 Å². The summed E-state index contributed by atoms with van der Waals surface area (Å²) in [4.78, 5) is 17.3. The number of amides is 1. The van der Waals surface area contributed by atoms with Crippen LogP contribution in [-0.2, 0) is 0 Å². The number of benzene rings is 1. The van der Waals surface area contributed by atoms with Gasteiger partial charge in [0.15, 0.2) is 0 Å². The Kier molecular flexibility index (Phi) is 5.28. The van der Waals surface area contributed by atoms with Gasteiger partial charge in [-0.15, -0.1) is 11.6 Å². The largest absolute Gasteiger partial charge is 0.361 e. The second-order valence-corrected chi connectivity index (χ2v) is 5.24. The van der Waals surface area contributed by atoms with Gasteiger partial charge in [-0.25, -0.2) is 0 Å². The van der Waals surface area contributed by atoms with E-state index in [0.717, 1.165) is 35.9 Å². The van der Waals surface area contributed by atoms with E-state index in [9.17, 15) is 4.79 Å². The number of unbranched alkanes of at least 4 members (excludes halogenated alkanes) is 1. The van der Waals surface area contributed by atoms with Crippen LogP contribution in [0.4, 0.5) is 0 Å². The highest BCUT2D eigenvalue weighted by Gasteiger charge is 2.14. The molecule has 0 bridgehead atoms. The zero-order valence-electron chi connectivity index (χ0n) is 10.5. The monoisotopic (exact) mass is 342 g/mol. The molecule has 0 radical (unpaired) electrons. The van der Waals surface area contributed by atoms with E-state index in [2.05, 4.69) is 20.9 Å². The summed E-state index contributed by atoms with van der Waals surface area (Å²) in [6, 6.07) is 7.69. The van der Waals surface area contributed by atoms with E-state index >= 15 is 0 Å². The number of carbonyl (C=O) groups excluding carboxylic acids is 1. The van der Waals surface area contributed by atoms with Crippen molar-refractivity contribution in [2.75, 3.05) is 17.9 Å². The van der Waals surface area contributed by atoms with Crippen LogP contribution in [0, 0.1) is 0 Å². The number of hydrogen-bond acceptors (Lipinski definition) is 1. The molecule has 0 atom stereocenters. The lowest BCUT2D eigenvalue weighted by atomic mass is 10.1. The number of H-pyrrole nitrogens is 1. The number of nitrogens with zero attached hydrogens (tertiary/aromatic N) is 1. The van der Waals surface area contributed by atoms with Crippen molar-refractivity contribution in [3.05, 3.63) is 36.0 Å². The first-order chi connectivity index (χ1) is 9.26. The third-order valence-corrected chi connectivity index (χ3v) is 3.92. The van der Waals surface area contributed by atoms with Crippen molar-refractivity contribution in [3.63, 3.8) is 0 Å². The van der Waals surface area contributed by atoms with Gasteiger partial charge in [-0.2, -0.15) is 0 Å². The first-order valence-corrected chi connectivity index (χ1v) is 7.90. The molecule has 19 heavy (non-hydrogen) atoms. The molecule has 1 aromatic heterocycles. The zero-order chi connectivity index (χ0) is 13.7. The number of halogens is 2. The van der Waals surface area contributed by atoms with Crippen molar-refractivity contribution in [2.45, 2.75) is 12.8 Å². The fourth-order valence-corrected chi connectivity index (χ4v) is 2.65. The molecule has 0 unspecified atom stereocenters. The lowest BCUT2D eigenvalue weighted by Crippen LogP contribution is -2.30. The number of aromatic nitrogens is 1. The maximum atomic E-state index is 12.4. The third-order valence-electron chi connectivity index (χ3n) is 3.04. The second-order valence-electron chi connectivity index (χ2n) is 4.36. The number of nitrogens with one attached hydrogen (secondary N) is 1. The highest BCUT2D eigenvalue weighted by atomic mass is 79.9. The van der Waals surface area contributed by atoms with Crippen molar-refractivity contribution < 1.29 is 4.79 Å². The van der Waals surface area contributed by atoms with Gasteiger partial charge in [0.2, 0.25) is 0 Å². The van der Waals surface area contributed by atoms with Crippen LogP contribution in [0.25, 0.3) is 10.9 Å². The Morgan fingerprint density at radius 1 is 1.32 bits per heavy atom. The van der Waals surface area contributed by atoms with Crippen LogP contribution in [0.1, 0.15) is 23.2 Å². The molecule has 2 rings (SSSR count). The Morgan fingerprint density at radius 3 is 2.89 bits per heavy atom. The quantitative estimate of drug-likeness (QED) is 0.481. The summed E-state index contributed by atoms with van der Waals surface area (Å²) in [6.45, 7) is 0.724. The molecule has 1 N–H and O–H groups in total. The van der Waals surface area contributed by atoms with Crippen molar-refractivity contribution in [3.8, 4) is 0 Å². The molecule has 102 valence electrons. The van der Waals surface area contributed by atoms with Crippen molar-refractivity contribution in [1.29, 1.82) is 0 Å². The van der Waals surface area contributed by atoms with Gasteiger partial charge in [0, 0.05) is 35.1 Å². The molecular formula is C14H16BrClN2O. The van der Waals surface area contributed by atoms with Crippen molar-refractivity contribution in [1.82, 2.24) is 9.88 Å². The molecule has 3 nitrogen and oxygen atoms in total. The minimum absolute atomic E-state index is 0.0505. The zero-order valence-corrected chi connectivity index (χ0v) is 12.9. The van der Waals surface area contributed by atoms with Crippen LogP contribution in [0.2, 0.25) is 0 Å². The fourth-order valence-electron chi connectivity index (χ4n) is 1.98. The molecule has 1 heterocycles. The number of alkyl halides is 2. The van der Waals surface area contributed by atoms with Crippen molar-refractivity contribution >= 4 is 44.3 Å². The number of fused-ring (bicyclic) bond motifs is 1. The number of aromatic amines is 1. The molecule has 5 heteroatoms. The molecule has 0 aliphatic carbocycles. The lowest BCUT2D eigenvalue weighted by Gasteiger charge is -2.19. The van der Waals surface area contributed by atoms with Gasteiger partial charge < -0.3 is 9.88 Å². The van der Waals surface area contributed by atoms with E-state index in [-0.39, 0.29) is 5.91 Å². The van der Waals surface area contributed by atoms with Gasteiger partial charge >= 0.3 is 0 Å². The Morgan fingerprint density at radius 2 is 2.16 bits per heavy atom. The summed E-state index contributed by atoms with van der Waals surface area (Å²) >= 11 is 9.03. The predicted molar refractivity (Wildman–Crippen MR) is 83.1 cm³/mol. The van der Waals surface area contributed by atoms with Crippen LogP contribution < -0.4 is 0 Å². The number of rotatable bonds is 6. The van der Waals surface area contributed by atoms with Crippen LogP contribution in [0.15, 0.2) is 30.5 Å². The summed E-state index contributed by atoms with van der Waals surface area (Å²) < 4.78 is 0. The average Bonchev–Trinajstić information content (AvgIpc) is 2.90. The van der Waals surface area contributed by atoms with Crippen molar-refractivity contribution in [2.24, 2.45) is 0 Å². The first-order valence-electron chi connectivity index (χ1n) is 6.24. The molecule has 0 saturated carbocycles. The Balaban J connectivity index is 2.11. The number of carbonyl (C=O) groups is 1. The molecule has 1 amide bonds. The van der Waals surface area contributed by atoms with E-state index < -0.39 is 0 Å². The molecule has 0 aliphatic rings. The van der Waals surface area contributed by atoms with Gasteiger partial charge in [0.25, 0.3) is 5.91 Å². The van der Waals surface area contributed by atoms with E-state index in [1.807, 2.05) is 30.5 Å². The highest BCUT2D eigenvalue weighted by Crippen LogP contribution is 2.16. The van der Waals surface area contributed by atoms with Crippen LogP contribution in [0.3, 0.4) is 0 Å². The summed E-state index contributed by atoms with van der Waals surface area (Å²) in [5.41, 5.74) is 2.31. The van der Waals surface area contributed by atoms with Gasteiger partial charge in [-0.05, 0) is 37.1 Å². The molecular weight excluding hydrogens is 328 g/mol. The SMILES string of the molecule is O=C(c1ccc2[nH]ccc2c1)N(CBr)CCCCCl. The molecule has 0 saturated heterocycles. The van der Waals surface area contributed by atoms with Crippen LogP contribution in [-0.4, -0.2) is 33.7 Å². The Labute approximate surface area is 126 Å². The molecule has 2 aromatic rings. The minimum Gasteiger partial charge on any atom is -0.361 e. The second kappa shape index (κ2) is 6.96. The normalized spacial score (nSPS) is 10.8. The topological polar surface area (TPSA) is 36.1 Å². The molecule has 1 aromatic carbocycles. The molecule has 0 spiro atoms. The summed E-state index contributed by atoms with van der Waals surface area (Å²) in [5.74, 6) is 0.689. The maximum absolute atomic E-state index is 12.4. The third kappa shape index (κ3) is 3.51. The average molecular weight is 344 g/mol. The fraction of sp³-hybridized carbons (Fsp3) is 0.357. The Bertz CT molecular complexity index is 555. The number of hydrogen-bond donors (Lipinski definition) is 1. The van der Waals surface area contributed by atoms with E-state index in [4.69, 9.17) is 11.6 Å².